The van der Waals surface area contributed by atoms with Crippen LogP contribution in [0.1, 0.15) is 13.3 Å². The fourth-order valence-corrected chi connectivity index (χ4v) is 2.32. The van der Waals surface area contributed by atoms with E-state index in [9.17, 15) is 9.59 Å². The van der Waals surface area contributed by atoms with E-state index in [-0.39, 0.29) is 6.10 Å². The van der Waals surface area contributed by atoms with Gasteiger partial charge < -0.3 is 4.74 Å². The monoisotopic (exact) mass is 227 g/mol. The van der Waals surface area contributed by atoms with Crippen molar-refractivity contribution >= 4 is 11.6 Å². The van der Waals surface area contributed by atoms with Crippen molar-refractivity contribution in [3.8, 4) is 0 Å². The van der Waals surface area contributed by atoms with E-state index in [1.54, 1.807) is 12.2 Å². The summed E-state index contributed by atoms with van der Waals surface area (Å²) >= 11 is 0. The van der Waals surface area contributed by atoms with Crippen LogP contribution in [0.5, 0.6) is 0 Å². The van der Waals surface area contributed by atoms with Crippen molar-refractivity contribution in [2.75, 3.05) is 0 Å². The summed E-state index contributed by atoms with van der Waals surface area (Å²) in [6, 6.07) is 0. The van der Waals surface area contributed by atoms with Gasteiger partial charge in [-0.15, -0.1) is 0 Å². The minimum absolute atomic E-state index is 0.0341. The molecule has 0 aromatic heterocycles. The van der Waals surface area contributed by atoms with Crippen LogP contribution in [0.25, 0.3) is 0 Å². The van der Waals surface area contributed by atoms with Crippen molar-refractivity contribution in [1.29, 1.82) is 0 Å². The van der Waals surface area contributed by atoms with E-state index in [1.807, 2.05) is 25.5 Å². The molecule has 3 nitrogen and oxygen atoms in total. The lowest BCUT2D eigenvalue weighted by molar-refractivity contribution is -0.132. The fourth-order valence-electron chi connectivity index (χ4n) is 2.32. The standard InChI is InChI=1S/C14H11O3/c1-8-7-11-13(16)12(15)9-5-3-2-4-6-10(9)14(11)17-8/h2-6,8H,7H2,1H3. The summed E-state index contributed by atoms with van der Waals surface area (Å²) < 4.78 is 5.66. The van der Waals surface area contributed by atoms with Crippen LogP contribution in [0.15, 0.2) is 46.8 Å². The van der Waals surface area contributed by atoms with Crippen LogP contribution in [0.4, 0.5) is 0 Å². The molecule has 0 amide bonds. The van der Waals surface area contributed by atoms with Gasteiger partial charge in [0.25, 0.3) is 0 Å². The van der Waals surface area contributed by atoms with Crippen LogP contribution in [0, 0.1) is 6.42 Å². The van der Waals surface area contributed by atoms with E-state index >= 15 is 0 Å². The van der Waals surface area contributed by atoms with Crippen molar-refractivity contribution in [2.24, 2.45) is 0 Å². The Morgan fingerprint density at radius 1 is 1.12 bits per heavy atom. The van der Waals surface area contributed by atoms with Gasteiger partial charge in [-0.3, -0.25) is 9.59 Å². The molecular formula is C14H11O3. The number of ketones is 2. The van der Waals surface area contributed by atoms with Gasteiger partial charge in [0.05, 0.1) is 0 Å². The molecule has 3 aliphatic rings. The van der Waals surface area contributed by atoms with Gasteiger partial charge in [-0.2, -0.15) is 0 Å². The Hall–Kier alpha value is -1.90. The predicted molar refractivity (Wildman–Crippen MR) is 61.8 cm³/mol. The first-order chi connectivity index (χ1) is 8.18. The molecule has 17 heavy (non-hydrogen) atoms. The van der Waals surface area contributed by atoms with Gasteiger partial charge in [-0.1, -0.05) is 24.3 Å². The summed E-state index contributed by atoms with van der Waals surface area (Å²) in [4.78, 5) is 23.9. The molecular weight excluding hydrogens is 216 g/mol. The van der Waals surface area contributed by atoms with E-state index in [0.29, 0.717) is 23.3 Å². The molecule has 1 radical (unpaired) electrons. The van der Waals surface area contributed by atoms with Gasteiger partial charge in [-0.25, -0.2) is 0 Å². The smallest absolute Gasteiger partial charge is 0.234 e. The lowest BCUT2D eigenvalue weighted by atomic mass is 9.85. The minimum atomic E-state index is -0.423. The lowest BCUT2D eigenvalue weighted by Crippen LogP contribution is -2.25. The molecule has 3 rings (SSSR count). The highest BCUT2D eigenvalue weighted by Gasteiger charge is 2.40. The fraction of sp³-hybridized carbons (Fsp3) is 0.214. The molecule has 3 heteroatoms. The van der Waals surface area contributed by atoms with Gasteiger partial charge in [0.2, 0.25) is 11.6 Å². The van der Waals surface area contributed by atoms with Crippen LogP contribution in [-0.2, 0) is 14.3 Å². The molecule has 0 bridgehead atoms. The molecule has 1 aliphatic heterocycles. The Morgan fingerprint density at radius 3 is 2.76 bits per heavy atom. The van der Waals surface area contributed by atoms with Gasteiger partial charge in [-0.05, 0) is 6.92 Å². The highest BCUT2D eigenvalue weighted by Crippen LogP contribution is 2.39. The number of carbonyl (C=O) groups is 2. The SMILES string of the molecule is CC1CC2=C(O1)C1=C[CH]C=CC=C1C(=O)C2=O. The predicted octanol–water partition coefficient (Wildman–Crippen LogP) is 1.83. The van der Waals surface area contributed by atoms with Crippen LogP contribution in [-0.4, -0.2) is 17.7 Å². The second-order valence-corrected chi connectivity index (χ2v) is 4.34. The van der Waals surface area contributed by atoms with Crippen LogP contribution in [0.3, 0.4) is 0 Å². The van der Waals surface area contributed by atoms with E-state index in [0.717, 1.165) is 5.57 Å². The van der Waals surface area contributed by atoms with Crippen molar-refractivity contribution in [2.45, 2.75) is 19.4 Å². The molecule has 0 aromatic rings. The average Bonchev–Trinajstić information content (AvgIpc) is 2.55. The first-order valence-corrected chi connectivity index (χ1v) is 5.60. The first-order valence-electron chi connectivity index (χ1n) is 5.60. The summed E-state index contributed by atoms with van der Waals surface area (Å²) in [7, 11) is 0. The van der Waals surface area contributed by atoms with Crippen LogP contribution in [0.2, 0.25) is 0 Å². The second kappa shape index (κ2) is 3.55. The van der Waals surface area contributed by atoms with Gasteiger partial charge in [0.15, 0.2) is 0 Å². The molecule has 85 valence electrons. The molecule has 1 heterocycles. The van der Waals surface area contributed by atoms with Crippen molar-refractivity contribution in [1.82, 2.24) is 0 Å². The lowest BCUT2D eigenvalue weighted by Gasteiger charge is -2.17. The number of allylic oxidation sites excluding steroid dienone is 5. The molecule has 2 aliphatic carbocycles. The quantitative estimate of drug-likeness (QED) is 0.593. The Balaban J connectivity index is 2.19. The third-order valence-corrected chi connectivity index (χ3v) is 3.09. The highest BCUT2D eigenvalue weighted by molar-refractivity contribution is 6.51. The third-order valence-electron chi connectivity index (χ3n) is 3.09. The third kappa shape index (κ3) is 1.42. The van der Waals surface area contributed by atoms with E-state index in [4.69, 9.17) is 4.74 Å². The zero-order valence-corrected chi connectivity index (χ0v) is 9.40. The molecule has 1 atom stereocenters. The summed E-state index contributed by atoms with van der Waals surface area (Å²) in [5.74, 6) is -0.246. The molecule has 0 spiro atoms. The average molecular weight is 227 g/mol. The van der Waals surface area contributed by atoms with E-state index in [2.05, 4.69) is 0 Å². The van der Waals surface area contributed by atoms with Gasteiger partial charge in [0.1, 0.15) is 11.9 Å². The van der Waals surface area contributed by atoms with E-state index in [1.165, 1.54) is 0 Å². The molecule has 1 unspecified atom stereocenters. The number of rotatable bonds is 0. The highest BCUT2D eigenvalue weighted by atomic mass is 16.5. The second-order valence-electron chi connectivity index (χ2n) is 4.34. The summed E-state index contributed by atoms with van der Waals surface area (Å²) in [6.45, 7) is 1.90. The maximum absolute atomic E-state index is 12.0. The van der Waals surface area contributed by atoms with Crippen LogP contribution >= 0.6 is 0 Å². The number of hydrogen-bond acceptors (Lipinski definition) is 3. The Labute approximate surface area is 99.1 Å². The van der Waals surface area contributed by atoms with Crippen molar-refractivity contribution in [3.63, 3.8) is 0 Å². The normalized spacial score (nSPS) is 27.0. The van der Waals surface area contributed by atoms with Gasteiger partial charge in [0, 0.05) is 29.6 Å². The van der Waals surface area contributed by atoms with E-state index < -0.39 is 11.6 Å². The minimum Gasteiger partial charge on any atom is -0.489 e. The number of fused-ring (bicyclic) bond motifs is 2. The number of hydrogen-bond donors (Lipinski definition) is 0. The maximum Gasteiger partial charge on any atom is 0.234 e. The maximum atomic E-state index is 12.0. The van der Waals surface area contributed by atoms with Crippen molar-refractivity contribution in [3.05, 3.63) is 53.2 Å². The summed E-state index contributed by atoms with van der Waals surface area (Å²) in [5, 5.41) is 0. The molecule has 0 fully saturated rings. The van der Waals surface area contributed by atoms with Gasteiger partial charge >= 0.3 is 0 Å². The summed E-state index contributed by atoms with van der Waals surface area (Å²) in [6.07, 6.45) is 9.42. The first kappa shape index (κ1) is 10.3. The molecule has 0 N–H and O–H groups in total. The Morgan fingerprint density at radius 2 is 1.94 bits per heavy atom. The largest absolute Gasteiger partial charge is 0.489 e. The van der Waals surface area contributed by atoms with Crippen molar-refractivity contribution < 1.29 is 14.3 Å². The molecule has 0 saturated carbocycles. The zero-order chi connectivity index (χ0) is 12.0. The molecule has 0 aromatic carbocycles. The molecule has 0 saturated heterocycles. The zero-order valence-electron chi connectivity index (χ0n) is 9.40. The number of carbonyl (C=O) groups excluding carboxylic acids is 2. The Bertz CT molecular complexity index is 544. The van der Waals surface area contributed by atoms with Crippen LogP contribution < -0.4 is 0 Å². The summed E-state index contributed by atoms with van der Waals surface area (Å²) in [5.41, 5.74) is 1.70. The Kier molecular flexibility index (Phi) is 2.15. The number of Topliss-reactive ketones (excluding diaryl/α,β-unsaturated/α-hetero) is 2. The topological polar surface area (TPSA) is 43.4 Å². The number of ether oxygens (including phenoxy) is 1.